The molecular formula is C10H10N2O5S. The van der Waals surface area contributed by atoms with Gasteiger partial charge in [0.25, 0.3) is 5.91 Å². The fraction of sp³-hybridized carbons (Fsp3) is 0.400. The van der Waals surface area contributed by atoms with E-state index in [1.807, 2.05) is 0 Å². The molecule has 0 aliphatic heterocycles. The van der Waals surface area contributed by atoms with E-state index in [4.69, 9.17) is 5.11 Å². The number of amides is 1. The van der Waals surface area contributed by atoms with Crippen molar-refractivity contribution in [2.75, 3.05) is 0 Å². The van der Waals surface area contributed by atoms with Crippen LogP contribution in [-0.2, 0) is 4.79 Å². The van der Waals surface area contributed by atoms with Gasteiger partial charge in [0.05, 0.1) is 10.5 Å². The van der Waals surface area contributed by atoms with Gasteiger partial charge in [0.15, 0.2) is 0 Å². The fourth-order valence-electron chi connectivity index (χ4n) is 1.75. The zero-order chi connectivity index (χ0) is 13.3. The summed E-state index contributed by atoms with van der Waals surface area (Å²) in [5.74, 6) is -1.65. The van der Waals surface area contributed by atoms with Crippen molar-refractivity contribution >= 4 is 28.2 Å². The molecule has 0 saturated heterocycles. The number of rotatable bonds is 4. The highest BCUT2D eigenvalue weighted by Gasteiger charge is 2.45. The van der Waals surface area contributed by atoms with Crippen molar-refractivity contribution in [3.05, 3.63) is 27.1 Å². The Morgan fingerprint density at radius 3 is 2.56 bits per heavy atom. The van der Waals surface area contributed by atoms with Gasteiger partial charge in [-0.1, -0.05) is 11.3 Å². The van der Waals surface area contributed by atoms with Crippen LogP contribution in [-0.4, -0.2) is 27.4 Å². The molecular weight excluding hydrogens is 260 g/mol. The highest BCUT2D eigenvalue weighted by atomic mass is 32.1. The number of nitrogens with zero attached hydrogens (tertiary/aromatic N) is 1. The molecule has 1 aliphatic rings. The number of hydrogen-bond acceptors (Lipinski definition) is 5. The Kier molecular flexibility index (Phi) is 3.04. The minimum Gasteiger partial charge on any atom is -0.480 e. The molecule has 0 radical (unpaired) electrons. The molecule has 7 nitrogen and oxygen atoms in total. The lowest BCUT2D eigenvalue weighted by atomic mass is 9.76. The average Bonchev–Trinajstić information content (AvgIpc) is 2.71. The lowest BCUT2D eigenvalue weighted by Gasteiger charge is -2.38. The summed E-state index contributed by atoms with van der Waals surface area (Å²) in [6.07, 6.45) is 1.52. The van der Waals surface area contributed by atoms with Crippen molar-refractivity contribution < 1.29 is 19.6 Å². The summed E-state index contributed by atoms with van der Waals surface area (Å²) in [5, 5.41) is 23.2. The van der Waals surface area contributed by atoms with E-state index < -0.39 is 22.3 Å². The number of aliphatic carboxylic acids is 1. The van der Waals surface area contributed by atoms with E-state index in [1.165, 1.54) is 5.38 Å². The maximum atomic E-state index is 11.8. The number of carbonyl (C=O) groups excluding carboxylic acids is 1. The molecule has 1 aliphatic carbocycles. The molecule has 18 heavy (non-hydrogen) atoms. The number of carboxylic acid groups (broad SMARTS) is 1. The summed E-state index contributed by atoms with van der Waals surface area (Å²) < 4.78 is 0. The highest BCUT2D eigenvalue weighted by molar-refractivity contribution is 7.13. The highest BCUT2D eigenvalue weighted by Crippen LogP contribution is 2.33. The Bertz CT molecular complexity index is 520. The lowest BCUT2D eigenvalue weighted by molar-refractivity contribution is -0.380. The number of thiophene rings is 1. The summed E-state index contributed by atoms with van der Waals surface area (Å²) in [4.78, 5) is 32.8. The molecule has 1 amide bonds. The molecule has 2 N–H and O–H groups in total. The molecule has 0 atom stereocenters. The van der Waals surface area contributed by atoms with Gasteiger partial charge in [-0.2, -0.15) is 0 Å². The first-order chi connectivity index (χ1) is 8.44. The molecule has 1 aromatic heterocycles. The molecule has 1 saturated carbocycles. The lowest BCUT2D eigenvalue weighted by Crippen LogP contribution is -2.59. The van der Waals surface area contributed by atoms with Gasteiger partial charge in [0, 0.05) is 11.4 Å². The second-order valence-electron chi connectivity index (χ2n) is 4.13. The van der Waals surface area contributed by atoms with Crippen LogP contribution in [0.25, 0.3) is 0 Å². The minimum absolute atomic E-state index is 0.124. The van der Waals surface area contributed by atoms with Crippen molar-refractivity contribution in [1.82, 2.24) is 5.32 Å². The van der Waals surface area contributed by atoms with E-state index in [0.29, 0.717) is 12.8 Å². The zero-order valence-corrected chi connectivity index (χ0v) is 10.0. The van der Waals surface area contributed by atoms with Crippen LogP contribution in [0.2, 0.25) is 0 Å². The maximum absolute atomic E-state index is 11.8. The van der Waals surface area contributed by atoms with Gasteiger partial charge in [0.2, 0.25) is 0 Å². The van der Waals surface area contributed by atoms with Crippen LogP contribution in [0.5, 0.6) is 0 Å². The van der Waals surface area contributed by atoms with E-state index in [1.54, 1.807) is 0 Å². The van der Waals surface area contributed by atoms with E-state index in [-0.39, 0.29) is 10.6 Å². The molecule has 1 aromatic rings. The standard InChI is InChI=1S/C10H10N2O5S/c13-8(6-4-7(12(16)17)18-5-6)11-10(9(14)15)2-1-3-10/h4-5H,1-3H2,(H,11,13)(H,14,15). The van der Waals surface area contributed by atoms with Gasteiger partial charge in [-0.3, -0.25) is 14.9 Å². The topological polar surface area (TPSA) is 110 Å². The van der Waals surface area contributed by atoms with E-state index in [0.717, 1.165) is 23.8 Å². The van der Waals surface area contributed by atoms with Crippen molar-refractivity contribution in [1.29, 1.82) is 0 Å². The monoisotopic (exact) mass is 270 g/mol. The van der Waals surface area contributed by atoms with Crippen LogP contribution in [0.4, 0.5) is 5.00 Å². The number of hydrogen-bond donors (Lipinski definition) is 2. The van der Waals surface area contributed by atoms with Crippen molar-refractivity contribution in [2.45, 2.75) is 24.8 Å². The number of carbonyl (C=O) groups is 2. The first-order valence-electron chi connectivity index (χ1n) is 5.23. The summed E-state index contributed by atoms with van der Waals surface area (Å²) in [7, 11) is 0. The molecule has 2 rings (SSSR count). The van der Waals surface area contributed by atoms with Gasteiger partial charge >= 0.3 is 11.0 Å². The van der Waals surface area contributed by atoms with E-state index in [9.17, 15) is 19.7 Å². The van der Waals surface area contributed by atoms with Crippen LogP contribution in [0.15, 0.2) is 11.4 Å². The second-order valence-corrected chi connectivity index (χ2v) is 5.02. The minimum atomic E-state index is -1.20. The van der Waals surface area contributed by atoms with Crippen LogP contribution >= 0.6 is 11.3 Å². The molecule has 8 heteroatoms. The second kappa shape index (κ2) is 4.37. The average molecular weight is 270 g/mol. The third-order valence-electron chi connectivity index (χ3n) is 3.00. The Hall–Kier alpha value is -1.96. The quantitative estimate of drug-likeness (QED) is 0.634. The zero-order valence-electron chi connectivity index (χ0n) is 9.21. The molecule has 0 aromatic carbocycles. The van der Waals surface area contributed by atoms with Crippen LogP contribution in [0.1, 0.15) is 29.6 Å². The predicted molar refractivity (Wildman–Crippen MR) is 62.7 cm³/mol. The molecule has 1 heterocycles. The predicted octanol–water partition coefficient (Wildman–Crippen LogP) is 1.39. The summed E-state index contributed by atoms with van der Waals surface area (Å²) in [6, 6.07) is 1.15. The maximum Gasteiger partial charge on any atom is 0.329 e. The smallest absolute Gasteiger partial charge is 0.329 e. The first-order valence-corrected chi connectivity index (χ1v) is 6.11. The third-order valence-corrected chi connectivity index (χ3v) is 3.88. The largest absolute Gasteiger partial charge is 0.480 e. The summed E-state index contributed by atoms with van der Waals surface area (Å²) >= 11 is 0.839. The number of carboxylic acids is 1. The van der Waals surface area contributed by atoms with Gasteiger partial charge in [-0.15, -0.1) is 0 Å². The fourth-order valence-corrected chi connectivity index (χ4v) is 2.46. The number of nitrogens with one attached hydrogen (secondary N) is 1. The molecule has 1 fully saturated rings. The number of nitro groups is 1. The van der Waals surface area contributed by atoms with Crippen LogP contribution in [0, 0.1) is 10.1 Å². The molecule has 0 bridgehead atoms. The van der Waals surface area contributed by atoms with Gasteiger partial charge in [-0.05, 0) is 19.3 Å². The van der Waals surface area contributed by atoms with Gasteiger partial charge < -0.3 is 10.4 Å². The molecule has 0 unspecified atom stereocenters. The van der Waals surface area contributed by atoms with E-state index in [2.05, 4.69) is 5.32 Å². The van der Waals surface area contributed by atoms with Crippen LogP contribution < -0.4 is 5.32 Å². The first kappa shape index (κ1) is 12.5. The third kappa shape index (κ3) is 2.06. The SMILES string of the molecule is O=C(NC1(C(=O)O)CCC1)c1csc([N+](=O)[O-])c1. The Balaban J connectivity index is 2.12. The molecule has 0 spiro atoms. The van der Waals surface area contributed by atoms with Gasteiger partial charge in [-0.25, -0.2) is 4.79 Å². The van der Waals surface area contributed by atoms with E-state index >= 15 is 0 Å². The Labute approximate surface area is 106 Å². The summed E-state index contributed by atoms with van der Waals surface area (Å²) in [5.41, 5.74) is -1.08. The van der Waals surface area contributed by atoms with Crippen molar-refractivity contribution in [3.8, 4) is 0 Å². The van der Waals surface area contributed by atoms with Gasteiger partial charge in [0.1, 0.15) is 5.54 Å². The Morgan fingerprint density at radius 2 is 2.17 bits per heavy atom. The normalized spacial score (nSPS) is 16.7. The molecule has 96 valence electrons. The summed E-state index contributed by atoms with van der Waals surface area (Å²) in [6.45, 7) is 0. The van der Waals surface area contributed by atoms with Crippen LogP contribution in [0.3, 0.4) is 0 Å². The van der Waals surface area contributed by atoms with Crippen molar-refractivity contribution in [2.24, 2.45) is 0 Å². The van der Waals surface area contributed by atoms with Crippen molar-refractivity contribution in [3.63, 3.8) is 0 Å². The Morgan fingerprint density at radius 1 is 1.50 bits per heavy atom.